The van der Waals surface area contributed by atoms with Gasteiger partial charge in [0.25, 0.3) is 0 Å². The van der Waals surface area contributed by atoms with Crippen molar-refractivity contribution in [1.82, 2.24) is 0 Å². The van der Waals surface area contributed by atoms with Crippen LogP contribution in [-0.4, -0.2) is 6.04 Å². The lowest BCUT2D eigenvalue weighted by Gasteiger charge is -2.44. The van der Waals surface area contributed by atoms with Gasteiger partial charge in [0, 0.05) is 11.5 Å². The average molecular weight is 207 g/mol. The number of fused-ring (bicyclic) bond motifs is 2. The van der Waals surface area contributed by atoms with Gasteiger partial charge in [0.1, 0.15) is 0 Å². The first-order valence-electron chi connectivity index (χ1n) is 6.33. The van der Waals surface area contributed by atoms with Crippen LogP contribution in [0, 0.1) is 23.2 Å². The molecule has 2 aliphatic rings. The van der Waals surface area contributed by atoms with Crippen molar-refractivity contribution in [3.05, 3.63) is 11.1 Å². The van der Waals surface area contributed by atoms with Gasteiger partial charge in [-0.3, -0.25) is 0 Å². The van der Waals surface area contributed by atoms with E-state index in [4.69, 9.17) is 5.73 Å². The van der Waals surface area contributed by atoms with E-state index in [9.17, 15) is 0 Å². The molecule has 1 nitrogen and oxygen atoms in total. The molecule has 0 heterocycles. The van der Waals surface area contributed by atoms with Gasteiger partial charge in [0.15, 0.2) is 0 Å². The molecule has 2 rings (SSSR count). The Hall–Kier alpha value is -0.300. The van der Waals surface area contributed by atoms with E-state index in [0.717, 1.165) is 11.8 Å². The molecule has 4 atom stereocenters. The normalized spacial score (nSPS) is 45.4. The molecule has 1 saturated carbocycles. The van der Waals surface area contributed by atoms with Gasteiger partial charge in [-0.1, -0.05) is 31.9 Å². The summed E-state index contributed by atoms with van der Waals surface area (Å²) in [6.45, 7) is 11.7. The van der Waals surface area contributed by atoms with E-state index in [-0.39, 0.29) is 0 Å². The van der Waals surface area contributed by atoms with Gasteiger partial charge in [0.2, 0.25) is 0 Å². The van der Waals surface area contributed by atoms with Crippen molar-refractivity contribution in [1.29, 1.82) is 0 Å². The zero-order valence-corrected chi connectivity index (χ0v) is 10.8. The van der Waals surface area contributed by atoms with Crippen LogP contribution < -0.4 is 5.73 Å². The number of rotatable bonds is 1. The molecule has 0 amide bonds. The topological polar surface area (TPSA) is 26.0 Å². The lowest BCUT2D eigenvalue weighted by Crippen LogP contribution is -2.48. The van der Waals surface area contributed by atoms with Crippen molar-refractivity contribution in [3.63, 3.8) is 0 Å². The summed E-state index contributed by atoms with van der Waals surface area (Å²) >= 11 is 0. The van der Waals surface area contributed by atoms with Crippen LogP contribution in [0.5, 0.6) is 0 Å². The Bertz CT molecular complexity index is 302. The minimum atomic E-state index is 0.306. The molecule has 1 fully saturated rings. The molecule has 2 bridgehead atoms. The van der Waals surface area contributed by atoms with Crippen molar-refractivity contribution in [2.45, 2.75) is 53.5 Å². The third-order valence-corrected chi connectivity index (χ3v) is 5.39. The van der Waals surface area contributed by atoms with Crippen LogP contribution in [0.3, 0.4) is 0 Å². The zero-order valence-electron chi connectivity index (χ0n) is 10.8. The molecule has 0 aromatic heterocycles. The van der Waals surface area contributed by atoms with Crippen LogP contribution in [0.4, 0.5) is 0 Å². The molecular formula is C14H25N. The number of hydrogen-bond acceptors (Lipinski definition) is 1. The van der Waals surface area contributed by atoms with Gasteiger partial charge in [-0.05, 0) is 44.4 Å². The molecule has 3 unspecified atom stereocenters. The monoisotopic (exact) mass is 207 g/mol. The van der Waals surface area contributed by atoms with E-state index in [1.165, 1.54) is 12.8 Å². The van der Waals surface area contributed by atoms with Gasteiger partial charge < -0.3 is 5.73 Å². The fourth-order valence-corrected chi connectivity index (χ4v) is 3.95. The van der Waals surface area contributed by atoms with E-state index < -0.39 is 0 Å². The van der Waals surface area contributed by atoms with Crippen molar-refractivity contribution in [2.75, 3.05) is 0 Å². The average Bonchev–Trinajstić information content (AvgIpc) is 2.31. The van der Waals surface area contributed by atoms with Crippen molar-refractivity contribution in [2.24, 2.45) is 28.9 Å². The summed E-state index contributed by atoms with van der Waals surface area (Å²) in [6, 6.07) is 0.374. The van der Waals surface area contributed by atoms with Crippen molar-refractivity contribution >= 4 is 0 Å². The van der Waals surface area contributed by atoms with Gasteiger partial charge in [-0.25, -0.2) is 0 Å². The standard InChI is InChI=1S/C14H25N/c1-8(2)11-6-7-14(5)10(4)9(3)12(11)13(14)15/h8,11-13H,6-7,15H2,1-5H3/t11-,12?,13?,14?/m0/s1. The maximum atomic E-state index is 6.49. The highest BCUT2D eigenvalue weighted by Gasteiger charge is 2.52. The van der Waals surface area contributed by atoms with Gasteiger partial charge in [-0.2, -0.15) is 0 Å². The van der Waals surface area contributed by atoms with Gasteiger partial charge in [-0.15, -0.1) is 0 Å². The summed E-state index contributed by atoms with van der Waals surface area (Å²) in [5.41, 5.74) is 9.98. The number of nitrogens with two attached hydrogens (primary N) is 1. The molecule has 0 saturated heterocycles. The molecule has 0 aromatic rings. The highest BCUT2D eigenvalue weighted by Crippen LogP contribution is 2.56. The summed E-state index contributed by atoms with van der Waals surface area (Å²) in [6.07, 6.45) is 2.65. The largest absolute Gasteiger partial charge is 0.326 e. The van der Waals surface area contributed by atoms with Gasteiger partial charge in [0.05, 0.1) is 0 Å². The summed E-state index contributed by atoms with van der Waals surface area (Å²) < 4.78 is 0. The first kappa shape index (κ1) is 11.2. The Morgan fingerprint density at radius 3 is 2.47 bits per heavy atom. The quantitative estimate of drug-likeness (QED) is 0.656. The SMILES string of the molecule is CC1=C(C)C2(C)CC[C@@H](C(C)C)C1C2N. The summed E-state index contributed by atoms with van der Waals surface area (Å²) in [5.74, 6) is 2.24. The van der Waals surface area contributed by atoms with E-state index in [2.05, 4.69) is 34.6 Å². The second kappa shape index (κ2) is 3.35. The molecule has 0 spiro atoms. The third kappa shape index (κ3) is 1.32. The zero-order chi connectivity index (χ0) is 11.4. The fraction of sp³-hybridized carbons (Fsp3) is 0.857. The summed E-state index contributed by atoms with van der Waals surface area (Å²) in [4.78, 5) is 0. The molecule has 15 heavy (non-hydrogen) atoms. The lowest BCUT2D eigenvalue weighted by atomic mass is 9.63. The molecule has 0 radical (unpaired) electrons. The number of hydrogen-bond donors (Lipinski definition) is 1. The highest BCUT2D eigenvalue weighted by atomic mass is 14.8. The summed E-state index contributed by atoms with van der Waals surface area (Å²) in [7, 11) is 0. The highest BCUT2D eigenvalue weighted by molar-refractivity contribution is 5.34. The first-order chi connectivity index (χ1) is 6.89. The Morgan fingerprint density at radius 2 is 1.93 bits per heavy atom. The fourth-order valence-electron chi connectivity index (χ4n) is 3.95. The minimum absolute atomic E-state index is 0.306. The molecule has 0 aliphatic heterocycles. The van der Waals surface area contributed by atoms with Crippen LogP contribution in [0.15, 0.2) is 11.1 Å². The molecule has 1 heteroatoms. The van der Waals surface area contributed by atoms with Crippen LogP contribution in [0.1, 0.15) is 47.5 Å². The predicted octanol–water partition coefficient (Wildman–Crippen LogP) is 3.35. The molecule has 2 N–H and O–H groups in total. The Labute approximate surface area is 94.1 Å². The van der Waals surface area contributed by atoms with E-state index in [1.54, 1.807) is 11.1 Å². The van der Waals surface area contributed by atoms with Crippen molar-refractivity contribution in [3.8, 4) is 0 Å². The Balaban J connectivity index is 2.40. The second-order valence-corrected chi connectivity index (χ2v) is 6.22. The molecular weight excluding hydrogens is 182 g/mol. The van der Waals surface area contributed by atoms with Crippen LogP contribution in [0.25, 0.3) is 0 Å². The minimum Gasteiger partial charge on any atom is -0.326 e. The van der Waals surface area contributed by atoms with Gasteiger partial charge >= 0.3 is 0 Å². The Kier molecular flexibility index (Phi) is 2.50. The van der Waals surface area contributed by atoms with Crippen LogP contribution >= 0.6 is 0 Å². The lowest BCUT2D eigenvalue weighted by molar-refractivity contribution is 0.118. The van der Waals surface area contributed by atoms with Crippen molar-refractivity contribution < 1.29 is 0 Å². The molecule has 2 aliphatic carbocycles. The first-order valence-corrected chi connectivity index (χ1v) is 6.33. The second-order valence-electron chi connectivity index (χ2n) is 6.22. The smallest absolute Gasteiger partial charge is 0.0199 e. The van der Waals surface area contributed by atoms with E-state index in [1.807, 2.05) is 0 Å². The molecule has 0 aromatic carbocycles. The Morgan fingerprint density at radius 1 is 1.33 bits per heavy atom. The molecule has 86 valence electrons. The third-order valence-electron chi connectivity index (χ3n) is 5.39. The van der Waals surface area contributed by atoms with E-state index in [0.29, 0.717) is 17.4 Å². The van der Waals surface area contributed by atoms with E-state index >= 15 is 0 Å². The van der Waals surface area contributed by atoms with Crippen LogP contribution in [0.2, 0.25) is 0 Å². The maximum absolute atomic E-state index is 6.49. The predicted molar refractivity (Wildman–Crippen MR) is 65.5 cm³/mol. The summed E-state index contributed by atoms with van der Waals surface area (Å²) in [5, 5.41) is 0. The van der Waals surface area contributed by atoms with Crippen LogP contribution in [-0.2, 0) is 0 Å². The maximum Gasteiger partial charge on any atom is 0.0199 e.